The summed E-state index contributed by atoms with van der Waals surface area (Å²) in [5.41, 5.74) is 2.34. The standard InChI is InChI=1S/C22H14BrN3O4S/c1-31(28,29)20-9-6-13(12-24)10-16(20)21(27)25-14-7-8-19-18(11-14)26-22(30-19)15-4-2-3-5-17(15)23/h2-11H,1H3,(H,25,27). The van der Waals surface area contributed by atoms with Gasteiger partial charge in [-0.2, -0.15) is 5.26 Å². The normalized spacial score (nSPS) is 11.3. The van der Waals surface area contributed by atoms with Crippen LogP contribution in [0.1, 0.15) is 15.9 Å². The fraction of sp³-hybridized carbons (Fsp3) is 0.0455. The van der Waals surface area contributed by atoms with Gasteiger partial charge in [-0.05, 0) is 64.5 Å². The Morgan fingerprint density at radius 2 is 1.90 bits per heavy atom. The van der Waals surface area contributed by atoms with Crippen LogP contribution in [0, 0.1) is 11.3 Å². The summed E-state index contributed by atoms with van der Waals surface area (Å²) in [6.07, 6.45) is 1.01. The van der Waals surface area contributed by atoms with E-state index in [2.05, 4.69) is 26.2 Å². The number of nitrogens with zero attached hydrogens (tertiary/aromatic N) is 2. The van der Waals surface area contributed by atoms with E-state index in [9.17, 15) is 13.2 Å². The van der Waals surface area contributed by atoms with Gasteiger partial charge in [-0.25, -0.2) is 13.4 Å². The van der Waals surface area contributed by atoms with Crippen LogP contribution in [-0.2, 0) is 9.84 Å². The van der Waals surface area contributed by atoms with Gasteiger partial charge in [0.05, 0.1) is 27.7 Å². The number of carbonyl (C=O) groups excluding carboxylic acids is 1. The second kappa shape index (κ2) is 7.98. The van der Waals surface area contributed by atoms with Gasteiger partial charge in [0.25, 0.3) is 5.91 Å². The highest BCUT2D eigenvalue weighted by Gasteiger charge is 2.20. The fourth-order valence-electron chi connectivity index (χ4n) is 3.05. The Morgan fingerprint density at radius 1 is 1.13 bits per heavy atom. The minimum atomic E-state index is -3.66. The number of halogens is 1. The van der Waals surface area contributed by atoms with Crippen molar-refractivity contribution in [1.82, 2.24) is 4.98 Å². The number of rotatable bonds is 4. The van der Waals surface area contributed by atoms with Crippen LogP contribution < -0.4 is 5.32 Å². The summed E-state index contributed by atoms with van der Waals surface area (Å²) in [5.74, 6) is -0.224. The molecule has 0 saturated carbocycles. The van der Waals surface area contributed by atoms with Crippen LogP contribution >= 0.6 is 15.9 Å². The van der Waals surface area contributed by atoms with E-state index in [4.69, 9.17) is 9.68 Å². The third-order valence-electron chi connectivity index (χ3n) is 4.50. The first-order valence-corrected chi connectivity index (χ1v) is 11.7. The van der Waals surface area contributed by atoms with Crippen LogP contribution in [0.2, 0.25) is 0 Å². The molecular weight excluding hydrogens is 482 g/mol. The van der Waals surface area contributed by atoms with Crippen LogP contribution in [-0.4, -0.2) is 25.6 Å². The van der Waals surface area contributed by atoms with Gasteiger partial charge in [-0.15, -0.1) is 0 Å². The van der Waals surface area contributed by atoms with Gasteiger partial charge in [0.15, 0.2) is 15.4 Å². The number of benzene rings is 3. The van der Waals surface area contributed by atoms with Gasteiger partial charge in [0.2, 0.25) is 5.89 Å². The van der Waals surface area contributed by atoms with Crippen molar-refractivity contribution in [1.29, 1.82) is 5.26 Å². The zero-order valence-electron chi connectivity index (χ0n) is 16.1. The number of hydrogen-bond donors (Lipinski definition) is 1. The summed E-state index contributed by atoms with van der Waals surface area (Å²) < 4.78 is 30.8. The van der Waals surface area contributed by atoms with E-state index in [-0.39, 0.29) is 16.0 Å². The highest BCUT2D eigenvalue weighted by atomic mass is 79.9. The second-order valence-corrected chi connectivity index (χ2v) is 9.57. The van der Waals surface area contributed by atoms with Gasteiger partial charge in [0, 0.05) is 16.4 Å². The highest BCUT2D eigenvalue weighted by Crippen LogP contribution is 2.31. The third-order valence-corrected chi connectivity index (χ3v) is 6.35. The summed E-state index contributed by atoms with van der Waals surface area (Å²) in [6.45, 7) is 0. The van der Waals surface area contributed by atoms with Gasteiger partial charge in [-0.3, -0.25) is 4.79 Å². The van der Waals surface area contributed by atoms with Crippen LogP contribution in [0.15, 0.2) is 74.4 Å². The number of carbonyl (C=O) groups is 1. The van der Waals surface area contributed by atoms with Crippen molar-refractivity contribution in [3.05, 3.63) is 76.3 Å². The molecule has 1 amide bonds. The quantitative estimate of drug-likeness (QED) is 0.435. The van der Waals surface area contributed by atoms with E-state index in [1.165, 1.54) is 18.2 Å². The first-order valence-electron chi connectivity index (χ1n) is 8.97. The highest BCUT2D eigenvalue weighted by molar-refractivity contribution is 9.10. The lowest BCUT2D eigenvalue weighted by Gasteiger charge is -2.09. The fourth-order valence-corrected chi connectivity index (χ4v) is 4.37. The van der Waals surface area contributed by atoms with Gasteiger partial charge in [0.1, 0.15) is 5.52 Å². The molecule has 154 valence electrons. The minimum Gasteiger partial charge on any atom is -0.436 e. The van der Waals surface area contributed by atoms with E-state index >= 15 is 0 Å². The molecule has 0 fully saturated rings. The van der Waals surface area contributed by atoms with Crippen LogP contribution in [0.5, 0.6) is 0 Å². The molecule has 9 heteroatoms. The smallest absolute Gasteiger partial charge is 0.257 e. The number of nitriles is 1. The third kappa shape index (κ3) is 4.21. The Morgan fingerprint density at radius 3 is 2.61 bits per heavy atom. The number of fused-ring (bicyclic) bond motifs is 1. The molecule has 1 N–H and O–H groups in total. The number of hydrogen-bond acceptors (Lipinski definition) is 6. The summed E-state index contributed by atoms with van der Waals surface area (Å²) in [5, 5.41) is 11.8. The number of nitrogens with one attached hydrogen (secondary N) is 1. The van der Waals surface area contributed by atoms with Crippen LogP contribution in [0.25, 0.3) is 22.6 Å². The predicted molar refractivity (Wildman–Crippen MR) is 119 cm³/mol. The molecule has 0 aliphatic carbocycles. The zero-order valence-corrected chi connectivity index (χ0v) is 18.5. The monoisotopic (exact) mass is 495 g/mol. The van der Waals surface area contributed by atoms with E-state index < -0.39 is 15.7 Å². The molecule has 0 aliphatic rings. The Labute approximate surface area is 186 Å². The van der Waals surface area contributed by atoms with Crippen molar-refractivity contribution in [2.75, 3.05) is 11.6 Å². The van der Waals surface area contributed by atoms with Crippen LogP contribution in [0.4, 0.5) is 5.69 Å². The maximum Gasteiger partial charge on any atom is 0.257 e. The van der Waals surface area contributed by atoms with Crippen molar-refractivity contribution in [2.45, 2.75) is 4.90 Å². The summed E-state index contributed by atoms with van der Waals surface area (Å²) in [4.78, 5) is 17.2. The molecule has 1 aromatic heterocycles. The van der Waals surface area contributed by atoms with E-state index in [0.717, 1.165) is 16.3 Å². The molecule has 0 unspecified atom stereocenters. The molecular formula is C22H14BrN3O4S. The molecule has 31 heavy (non-hydrogen) atoms. The van der Waals surface area contributed by atoms with Crippen molar-refractivity contribution >= 4 is 48.5 Å². The average molecular weight is 496 g/mol. The summed E-state index contributed by atoms with van der Waals surface area (Å²) >= 11 is 3.47. The summed E-state index contributed by atoms with van der Waals surface area (Å²) in [6, 6.07) is 18.2. The SMILES string of the molecule is CS(=O)(=O)c1ccc(C#N)cc1C(=O)Nc1ccc2oc(-c3ccccc3Br)nc2c1. The molecule has 0 spiro atoms. The maximum atomic E-state index is 12.8. The molecule has 0 atom stereocenters. The van der Waals surface area contributed by atoms with E-state index in [0.29, 0.717) is 22.7 Å². The van der Waals surface area contributed by atoms with Crippen molar-refractivity contribution in [3.63, 3.8) is 0 Å². The van der Waals surface area contributed by atoms with Crippen molar-refractivity contribution in [3.8, 4) is 17.5 Å². The molecule has 3 aromatic carbocycles. The Kier molecular flexibility index (Phi) is 5.35. The number of anilines is 1. The van der Waals surface area contributed by atoms with E-state index in [1.54, 1.807) is 18.2 Å². The predicted octanol–water partition coefficient (Wildman–Crippen LogP) is 4.78. The molecule has 7 nitrogen and oxygen atoms in total. The molecule has 4 aromatic rings. The lowest BCUT2D eigenvalue weighted by Crippen LogP contribution is -2.16. The molecule has 0 saturated heterocycles. The summed E-state index contributed by atoms with van der Waals surface area (Å²) in [7, 11) is -3.66. The lowest BCUT2D eigenvalue weighted by atomic mass is 10.1. The Balaban J connectivity index is 1.69. The van der Waals surface area contributed by atoms with Crippen molar-refractivity contribution in [2.24, 2.45) is 0 Å². The molecule has 1 heterocycles. The van der Waals surface area contributed by atoms with Crippen LogP contribution in [0.3, 0.4) is 0 Å². The van der Waals surface area contributed by atoms with Gasteiger partial charge >= 0.3 is 0 Å². The topological polar surface area (TPSA) is 113 Å². The second-order valence-electron chi connectivity index (χ2n) is 6.73. The number of aromatic nitrogens is 1. The van der Waals surface area contributed by atoms with Crippen molar-refractivity contribution < 1.29 is 17.6 Å². The first-order chi connectivity index (χ1) is 14.8. The number of oxazole rings is 1. The molecule has 0 radical (unpaired) electrons. The lowest BCUT2D eigenvalue weighted by molar-refractivity contribution is 0.102. The van der Waals surface area contributed by atoms with E-state index in [1.807, 2.05) is 30.3 Å². The first kappa shape index (κ1) is 20.8. The molecule has 0 aliphatic heterocycles. The molecule has 0 bridgehead atoms. The largest absolute Gasteiger partial charge is 0.436 e. The van der Waals surface area contributed by atoms with Gasteiger partial charge in [-0.1, -0.05) is 12.1 Å². The number of sulfone groups is 1. The minimum absolute atomic E-state index is 0.101. The maximum absolute atomic E-state index is 12.8. The zero-order chi connectivity index (χ0) is 22.2. The Bertz CT molecular complexity index is 1490. The average Bonchev–Trinajstić information content (AvgIpc) is 3.16. The molecule has 4 rings (SSSR count). The van der Waals surface area contributed by atoms with Gasteiger partial charge < -0.3 is 9.73 Å². The number of amides is 1. The Hall–Kier alpha value is -3.48.